The molecule has 2 atom stereocenters. The molecule has 2 N–H and O–H groups in total. The lowest BCUT2D eigenvalue weighted by atomic mass is 9.73. The number of nitrogens with one attached hydrogen (secondary N) is 1. The standard InChI is InChI=1S/C14H27NO/c1-14(9-5-4-8-13(14)16)11-15-10-12-6-2-3-7-12/h12-13,15-16H,2-11H2,1H3. The van der Waals surface area contributed by atoms with Gasteiger partial charge in [-0.2, -0.15) is 0 Å². The van der Waals surface area contributed by atoms with Gasteiger partial charge >= 0.3 is 0 Å². The Kier molecular flexibility index (Phi) is 4.26. The van der Waals surface area contributed by atoms with Crippen molar-refractivity contribution < 1.29 is 5.11 Å². The molecule has 2 unspecified atom stereocenters. The van der Waals surface area contributed by atoms with E-state index in [1.54, 1.807) is 0 Å². The quantitative estimate of drug-likeness (QED) is 0.771. The van der Waals surface area contributed by atoms with Gasteiger partial charge in [-0.3, -0.25) is 0 Å². The summed E-state index contributed by atoms with van der Waals surface area (Å²) < 4.78 is 0. The van der Waals surface area contributed by atoms with Crippen molar-refractivity contribution in [1.29, 1.82) is 0 Å². The molecule has 0 aliphatic heterocycles. The third-order valence-electron chi connectivity index (χ3n) is 4.72. The van der Waals surface area contributed by atoms with E-state index in [1.807, 2.05) is 0 Å². The molecular weight excluding hydrogens is 198 g/mol. The Hall–Kier alpha value is -0.0800. The Balaban J connectivity index is 1.70. The minimum absolute atomic E-state index is 0.0858. The van der Waals surface area contributed by atoms with E-state index < -0.39 is 0 Å². The lowest BCUT2D eigenvalue weighted by Crippen LogP contribution is -2.44. The minimum atomic E-state index is -0.0858. The first-order valence-corrected chi connectivity index (χ1v) is 7.09. The fraction of sp³-hybridized carbons (Fsp3) is 1.00. The van der Waals surface area contributed by atoms with E-state index in [0.29, 0.717) is 0 Å². The van der Waals surface area contributed by atoms with Crippen LogP contribution >= 0.6 is 0 Å². The van der Waals surface area contributed by atoms with Crippen molar-refractivity contribution in [3.63, 3.8) is 0 Å². The van der Waals surface area contributed by atoms with Crippen LogP contribution in [0.4, 0.5) is 0 Å². The van der Waals surface area contributed by atoms with E-state index in [1.165, 1.54) is 51.5 Å². The smallest absolute Gasteiger partial charge is 0.0605 e. The highest BCUT2D eigenvalue weighted by Crippen LogP contribution is 2.35. The van der Waals surface area contributed by atoms with Crippen LogP contribution in [0.3, 0.4) is 0 Å². The molecule has 2 aliphatic carbocycles. The van der Waals surface area contributed by atoms with Crippen LogP contribution in [-0.4, -0.2) is 24.3 Å². The second kappa shape index (κ2) is 5.50. The summed E-state index contributed by atoms with van der Waals surface area (Å²) >= 11 is 0. The van der Waals surface area contributed by atoms with Crippen LogP contribution in [0.2, 0.25) is 0 Å². The van der Waals surface area contributed by atoms with E-state index in [4.69, 9.17) is 0 Å². The maximum absolute atomic E-state index is 10.1. The van der Waals surface area contributed by atoms with Crippen LogP contribution < -0.4 is 5.32 Å². The van der Waals surface area contributed by atoms with Crippen LogP contribution in [0.15, 0.2) is 0 Å². The van der Waals surface area contributed by atoms with Crippen molar-refractivity contribution >= 4 is 0 Å². The summed E-state index contributed by atoms with van der Waals surface area (Å²) in [5.41, 5.74) is 0.136. The van der Waals surface area contributed by atoms with Gasteiger partial charge < -0.3 is 10.4 Å². The van der Waals surface area contributed by atoms with E-state index in [-0.39, 0.29) is 11.5 Å². The SMILES string of the molecule is CC1(CNCC2CCCC2)CCCCC1O. The lowest BCUT2D eigenvalue weighted by molar-refractivity contribution is 0.000946. The summed E-state index contributed by atoms with van der Waals surface area (Å²) in [7, 11) is 0. The van der Waals surface area contributed by atoms with Crippen LogP contribution in [0.1, 0.15) is 58.3 Å². The van der Waals surface area contributed by atoms with Gasteiger partial charge in [-0.05, 0) is 38.1 Å². The van der Waals surface area contributed by atoms with E-state index in [2.05, 4.69) is 12.2 Å². The molecule has 0 spiro atoms. The summed E-state index contributed by atoms with van der Waals surface area (Å²) in [5.74, 6) is 0.907. The van der Waals surface area contributed by atoms with Gasteiger partial charge in [-0.1, -0.05) is 32.6 Å². The monoisotopic (exact) mass is 225 g/mol. The van der Waals surface area contributed by atoms with Gasteiger partial charge in [0, 0.05) is 12.0 Å². The summed E-state index contributed by atoms with van der Waals surface area (Å²) in [6.07, 6.45) is 10.3. The predicted octanol–water partition coefficient (Wildman–Crippen LogP) is 2.71. The molecule has 0 saturated heterocycles. The average molecular weight is 225 g/mol. The fourth-order valence-electron chi connectivity index (χ4n) is 3.36. The molecule has 94 valence electrons. The first kappa shape index (κ1) is 12.4. The van der Waals surface area contributed by atoms with Crippen LogP contribution in [0.5, 0.6) is 0 Å². The van der Waals surface area contributed by atoms with Gasteiger partial charge in [-0.15, -0.1) is 0 Å². The first-order chi connectivity index (χ1) is 7.71. The number of rotatable bonds is 4. The van der Waals surface area contributed by atoms with E-state index in [0.717, 1.165) is 18.9 Å². The van der Waals surface area contributed by atoms with Crippen molar-refractivity contribution in [2.24, 2.45) is 11.3 Å². The van der Waals surface area contributed by atoms with Gasteiger partial charge in [0.1, 0.15) is 0 Å². The molecule has 2 saturated carbocycles. The molecular formula is C14H27NO. The molecule has 0 amide bonds. The van der Waals surface area contributed by atoms with Crippen molar-refractivity contribution in [2.75, 3.05) is 13.1 Å². The van der Waals surface area contributed by atoms with E-state index >= 15 is 0 Å². The zero-order valence-corrected chi connectivity index (χ0v) is 10.7. The van der Waals surface area contributed by atoms with Crippen molar-refractivity contribution in [2.45, 2.75) is 64.4 Å². The number of aliphatic hydroxyl groups excluding tert-OH is 1. The molecule has 2 aliphatic rings. The first-order valence-electron chi connectivity index (χ1n) is 7.09. The van der Waals surface area contributed by atoms with Gasteiger partial charge in [-0.25, -0.2) is 0 Å². The van der Waals surface area contributed by atoms with Crippen LogP contribution in [-0.2, 0) is 0 Å². The Morgan fingerprint density at radius 3 is 2.50 bits per heavy atom. The number of aliphatic hydroxyl groups is 1. The molecule has 0 aromatic heterocycles. The van der Waals surface area contributed by atoms with Crippen molar-refractivity contribution in [1.82, 2.24) is 5.32 Å². The summed E-state index contributed by atoms with van der Waals surface area (Å²) in [6.45, 7) is 4.42. The molecule has 16 heavy (non-hydrogen) atoms. The maximum atomic E-state index is 10.1. The summed E-state index contributed by atoms with van der Waals surface area (Å²) in [5, 5.41) is 13.7. The van der Waals surface area contributed by atoms with Gasteiger partial charge in [0.25, 0.3) is 0 Å². The van der Waals surface area contributed by atoms with Crippen LogP contribution in [0, 0.1) is 11.3 Å². The predicted molar refractivity (Wildman–Crippen MR) is 67.4 cm³/mol. The van der Waals surface area contributed by atoms with Crippen molar-refractivity contribution in [3.05, 3.63) is 0 Å². The molecule has 0 bridgehead atoms. The maximum Gasteiger partial charge on any atom is 0.0605 e. The third kappa shape index (κ3) is 2.98. The molecule has 0 aromatic carbocycles. The lowest BCUT2D eigenvalue weighted by Gasteiger charge is -2.39. The third-order valence-corrected chi connectivity index (χ3v) is 4.72. The minimum Gasteiger partial charge on any atom is -0.393 e. The van der Waals surface area contributed by atoms with E-state index in [9.17, 15) is 5.11 Å². The average Bonchev–Trinajstić information content (AvgIpc) is 2.76. The normalized spacial score (nSPS) is 36.8. The molecule has 2 heteroatoms. The Morgan fingerprint density at radius 2 is 1.81 bits per heavy atom. The Morgan fingerprint density at radius 1 is 1.12 bits per heavy atom. The van der Waals surface area contributed by atoms with Gasteiger partial charge in [0.05, 0.1) is 6.10 Å². The van der Waals surface area contributed by atoms with Gasteiger partial charge in [0.15, 0.2) is 0 Å². The highest BCUT2D eigenvalue weighted by molar-refractivity contribution is 4.88. The zero-order valence-electron chi connectivity index (χ0n) is 10.7. The molecule has 2 rings (SSSR count). The highest BCUT2D eigenvalue weighted by atomic mass is 16.3. The highest BCUT2D eigenvalue weighted by Gasteiger charge is 2.34. The molecule has 0 aromatic rings. The van der Waals surface area contributed by atoms with Crippen LogP contribution in [0.25, 0.3) is 0 Å². The van der Waals surface area contributed by atoms with Gasteiger partial charge in [0.2, 0.25) is 0 Å². The second-order valence-electron chi connectivity index (χ2n) is 6.20. The molecule has 0 heterocycles. The molecule has 2 fully saturated rings. The fourth-order valence-corrected chi connectivity index (χ4v) is 3.36. The van der Waals surface area contributed by atoms with Crippen molar-refractivity contribution in [3.8, 4) is 0 Å². The summed E-state index contributed by atoms with van der Waals surface area (Å²) in [6, 6.07) is 0. The second-order valence-corrected chi connectivity index (χ2v) is 6.20. The summed E-state index contributed by atoms with van der Waals surface area (Å²) in [4.78, 5) is 0. The molecule has 2 nitrogen and oxygen atoms in total. The largest absolute Gasteiger partial charge is 0.393 e. The Labute approximate surface area is 99.8 Å². The molecule has 0 radical (unpaired) electrons. The Bertz CT molecular complexity index is 213. The number of hydrogen-bond donors (Lipinski definition) is 2. The zero-order chi connectivity index (χ0) is 11.4. The number of hydrogen-bond acceptors (Lipinski definition) is 2. The topological polar surface area (TPSA) is 32.3 Å².